The van der Waals surface area contributed by atoms with Gasteiger partial charge < -0.3 is 4.74 Å². The first kappa shape index (κ1) is 16.8. The summed E-state index contributed by atoms with van der Waals surface area (Å²) in [5.74, 6) is 1.62. The minimum Gasteiger partial charge on any atom is -0.490 e. The molecule has 0 spiro atoms. The molecule has 5 heteroatoms. The van der Waals surface area contributed by atoms with E-state index in [1.54, 1.807) is 17.4 Å². The van der Waals surface area contributed by atoms with E-state index >= 15 is 0 Å². The van der Waals surface area contributed by atoms with Crippen LogP contribution in [0.25, 0.3) is 21.9 Å². The normalized spacial score (nSPS) is 14.8. The van der Waals surface area contributed by atoms with Gasteiger partial charge in [0.2, 0.25) is 0 Å². The third kappa shape index (κ3) is 2.78. The van der Waals surface area contributed by atoms with Crippen LogP contribution in [0.2, 0.25) is 0 Å². The number of aromatic nitrogens is 2. The maximum atomic E-state index is 12.9. The first-order valence-electron chi connectivity index (χ1n) is 8.63. The topological polar surface area (TPSA) is 44.1 Å². The lowest BCUT2D eigenvalue weighted by atomic mass is 10.1. The molecular weight excluding hydrogens is 344 g/mol. The van der Waals surface area contributed by atoms with Crippen molar-refractivity contribution in [2.75, 3.05) is 6.61 Å². The number of nitrogens with zero attached hydrogens (tertiary/aromatic N) is 2. The monoisotopic (exact) mass is 364 g/mol. The lowest BCUT2D eigenvalue weighted by molar-refractivity contribution is 0.363. The summed E-state index contributed by atoms with van der Waals surface area (Å²) in [5.41, 5.74) is 3.33. The summed E-state index contributed by atoms with van der Waals surface area (Å²) in [7, 11) is 0. The minimum absolute atomic E-state index is 0.0865. The molecule has 1 aromatic carbocycles. The van der Waals surface area contributed by atoms with Crippen molar-refractivity contribution in [1.82, 2.24) is 9.55 Å². The van der Waals surface area contributed by atoms with Crippen LogP contribution in [-0.2, 0) is 6.54 Å². The van der Waals surface area contributed by atoms with Crippen LogP contribution in [0.1, 0.15) is 28.2 Å². The lowest BCUT2D eigenvalue weighted by Crippen LogP contribution is -2.20. The van der Waals surface area contributed by atoms with E-state index in [0.717, 1.165) is 49.8 Å². The van der Waals surface area contributed by atoms with E-state index in [1.165, 1.54) is 0 Å². The molecule has 132 valence electrons. The van der Waals surface area contributed by atoms with Crippen molar-refractivity contribution >= 4 is 33.2 Å². The Labute approximate surface area is 156 Å². The summed E-state index contributed by atoms with van der Waals surface area (Å²) in [6, 6.07) is 7.93. The Kier molecular flexibility index (Phi) is 4.24. The van der Waals surface area contributed by atoms with Gasteiger partial charge in [-0.2, -0.15) is 0 Å². The second-order valence-corrected chi connectivity index (χ2v) is 7.65. The first-order chi connectivity index (χ1) is 12.6. The molecule has 1 aliphatic heterocycles. The average Bonchev–Trinajstić information content (AvgIpc) is 3.16. The number of thiophene rings is 1. The summed E-state index contributed by atoms with van der Waals surface area (Å²) in [6.45, 7) is 8.89. The standard InChI is InChI=1S/C21H20N2O2S/c1-4-11-25-17-7-5-15(6-8-17)12-16-9-10-23-19(16)22-20-18(21(23)24)13(2)14(3)26-20/h4-8,12H,1,9-11H2,2-3H3. The second kappa shape index (κ2) is 6.57. The molecule has 0 saturated heterocycles. The van der Waals surface area contributed by atoms with Crippen molar-refractivity contribution in [2.24, 2.45) is 0 Å². The number of allylic oxidation sites excluding steroid dienone is 1. The number of ether oxygens (including phenoxy) is 1. The molecule has 0 aliphatic carbocycles. The number of aryl methyl sites for hydroxylation is 2. The fraction of sp³-hybridized carbons (Fsp3) is 0.238. The third-order valence-corrected chi connectivity index (χ3v) is 5.87. The van der Waals surface area contributed by atoms with Gasteiger partial charge in [0.15, 0.2) is 0 Å². The number of fused-ring (bicyclic) bond motifs is 2. The van der Waals surface area contributed by atoms with Crippen LogP contribution < -0.4 is 10.3 Å². The van der Waals surface area contributed by atoms with Gasteiger partial charge in [-0.1, -0.05) is 24.8 Å². The molecule has 0 N–H and O–H groups in total. The molecule has 3 aromatic rings. The Hall–Kier alpha value is -2.66. The zero-order valence-electron chi connectivity index (χ0n) is 14.9. The number of hydrogen-bond donors (Lipinski definition) is 0. The van der Waals surface area contributed by atoms with Crippen LogP contribution in [0.5, 0.6) is 5.75 Å². The predicted octanol–water partition coefficient (Wildman–Crippen LogP) is 4.58. The number of rotatable bonds is 4. The summed E-state index contributed by atoms with van der Waals surface area (Å²) < 4.78 is 7.33. The number of benzene rings is 1. The van der Waals surface area contributed by atoms with Crippen LogP contribution in [0, 0.1) is 13.8 Å². The van der Waals surface area contributed by atoms with Crippen molar-refractivity contribution < 1.29 is 4.74 Å². The van der Waals surface area contributed by atoms with Crippen molar-refractivity contribution in [2.45, 2.75) is 26.8 Å². The molecule has 0 amide bonds. The highest BCUT2D eigenvalue weighted by atomic mass is 32.1. The van der Waals surface area contributed by atoms with Gasteiger partial charge in [0.25, 0.3) is 5.56 Å². The predicted molar refractivity (Wildman–Crippen MR) is 108 cm³/mol. The fourth-order valence-corrected chi connectivity index (χ4v) is 4.30. The van der Waals surface area contributed by atoms with E-state index in [2.05, 4.69) is 12.7 Å². The molecule has 4 nitrogen and oxygen atoms in total. The van der Waals surface area contributed by atoms with Gasteiger partial charge in [0.05, 0.1) is 5.39 Å². The SMILES string of the molecule is C=CCOc1ccc(C=C2CCn3c2nc2sc(C)c(C)c2c3=O)cc1. The van der Waals surface area contributed by atoms with Gasteiger partial charge >= 0.3 is 0 Å². The van der Waals surface area contributed by atoms with Crippen LogP contribution in [0.4, 0.5) is 0 Å². The Bertz CT molecular complexity index is 1090. The van der Waals surface area contributed by atoms with E-state index in [-0.39, 0.29) is 5.56 Å². The largest absolute Gasteiger partial charge is 0.490 e. The van der Waals surface area contributed by atoms with E-state index in [1.807, 2.05) is 42.7 Å². The summed E-state index contributed by atoms with van der Waals surface area (Å²) in [5, 5.41) is 0.779. The Morgan fingerprint density at radius 2 is 2.08 bits per heavy atom. The Morgan fingerprint density at radius 1 is 1.31 bits per heavy atom. The highest BCUT2D eigenvalue weighted by Gasteiger charge is 2.23. The van der Waals surface area contributed by atoms with Crippen LogP contribution in [0.3, 0.4) is 0 Å². The molecule has 0 bridgehead atoms. The molecular formula is C21H20N2O2S. The zero-order chi connectivity index (χ0) is 18.3. The fourth-order valence-electron chi connectivity index (χ4n) is 3.28. The zero-order valence-corrected chi connectivity index (χ0v) is 15.7. The molecule has 26 heavy (non-hydrogen) atoms. The van der Waals surface area contributed by atoms with E-state index in [4.69, 9.17) is 9.72 Å². The maximum absolute atomic E-state index is 12.9. The highest BCUT2D eigenvalue weighted by Crippen LogP contribution is 2.32. The van der Waals surface area contributed by atoms with Crippen LogP contribution >= 0.6 is 11.3 Å². The average molecular weight is 364 g/mol. The summed E-state index contributed by atoms with van der Waals surface area (Å²) in [4.78, 5) is 19.7. The van der Waals surface area contributed by atoms with Crippen LogP contribution in [0.15, 0.2) is 41.7 Å². The molecule has 0 atom stereocenters. The van der Waals surface area contributed by atoms with Gasteiger partial charge in [0.1, 0.15) is 23.0 Å². The third-order valence-electron chi connectivity index (χ3n) is 4.77. The van der Waals surface area contributed by atoms with Crippen molar-refractivity contribution in [3.63, 3.8) is 0 Å². The number of hydrogen-bond acceptors (Lipinski definition) is 4. The molecule has 0 saturated carbocycles. The van der Waals surface area contributed by atoms with Crippen LogP contribution in [-0.4, -0.2) is 16.2 Å². The van der Waals surface area contributed by atoms with E-state index in [9.17, 15) is 4.79 Å². The molecule has 3 heterocycles. The van der Waals surface area contributed by atoms with Crippen molar-refractivity contribution in [1.29, 1.82) is 0 Å². The molecule has 0 unspecified atom stereocenters. The molecule has 2 aromatic heterocycles. The minimum atomic E-state index is 0.0865. The van der Waals surface area contributed by atoms with Crippen molar-refractivity contribution in [3.8, 4) is 5.75 Å². The quantitative estimate of drug-likeness (QED) is 0.636. The van der Waals surface area contributed by atoms with Crippen molar-refractivity contribution in [3.05, 3.63) is 69.1 Å². The summed E-state index contributed by atoms with van der Waals surface area (Å²) in [6.07, 6.45) is 4.66. The van der Waals surface area contributed by atoms with Gasteiger partial charge in [-0.15, -0.1) is 11.3 Å². The maximum Gasteiger partial charge on any atom is 0.262 e. The van der Waals surface area contributed by atoms with Gasteiger partial charge in [0, 0.05) is 11.4 Å². The first-order valence-corrected chi connectivity index (χ1v) is 9.45. The smallest absolute Gasteiger partial charge is 0.262 e. The van der Waals surface area contributed by atoms with E-state index in [0.29, 0.717) is 13.2 Å². The van der Waals surface area contributed by atoms with Gasteiger partial charge in [-0.25, -0.2) is 4.98 Å². The molecule has 1 aliphatic rings. The van der Waals surface area contributed by atoms with Gasteiger partial charge in [-0.05, 0) is 55.2 Å². The lowest BCUT2D eigenvalue weighted by Gasteiger charge is -2.05. The Balaban J connectivity index is 1.73. The Morgan fingerprint density at radius 3 is 2.81 bits per heavy atom. The summed E-state index contributed by atoms with van der Waals surface area (Å²) >= 11 is 1.60. The van der Waals surface area contributed by atoms with E-state index < -0.39 is 0 Å². The molecule has 4 rings (SSSR count). The second-order valence-electron chi connectivity index (χ2n) is 6.44. The molecule has 0 fully saturated rings. The highest BCUT2D eigenvalue weighted by molar-refractivity contribution is 7.18. The van der Waals surface area contributed by atoms with Gasteiger partial charge in [-0.3, -0.25) is 9.36 Å². The molecule has 0 radical (unpaired) electrons.